The molecule has 2 N–H and O–H groups in total. The zero-order valence-corrected chi connectivity index (χ0v) is 15.9. The van der Waals surface area contributed by atoms with E-state index < -0.39 is 6.23 Å². The lowest BCUT2D eigenvalue weighted by atomic mass is 10.2. The standard InChI is InChI=1S/C17H19Cl2N5O2/c1-10(25)5-6-24-15-14(9-21-24)22-17(23-16(15)26-2)20-8-11-3-4-12(18)13(19)7-11/h3-4,7,9,16H,5-6,8H2,1-2H3,(H2,20,22,23). The van der Waals surface area contributed by atoms with E-state index in [1.165, 1.54) is 0 Å². The number of anilines is 1. The number of nitrogens with zero attached hydrogens (tertiary/aromatic N) is 3. The molecule has 9 heteroatoms. The van der Waals surface area contributed by atoms with E-state index in [4.69, 9.17) is 27.9 Å². The van der Waals surface area contributed by atoms with Gasteiger partial charge in [-0.2, -0.15) is 5.10 Å². The number of Topliss-reactive ketones (excluding diaryl/α,β-unsaturated/α-hetero) is 1. The Morgan fingerprint density at radius 2 is 2.19 bits per heavy atom. The lowest BCUT2D eigenvalue weighted by molar-refractivity contribution is -0.117. The van der Waals surface area contributed by atoms with Crippen molar-refractivity contribution in [1.29, 1.82) is 0 Å². The van der Waals surface area contributed by atoms with Crippen LogP contribution in [0.15, 0.2) is 29.4 Å². The van der Waals surface area contributed by atoms with Gasteiger partial charge in [0.15, 0.2) is 12.2 Å². The molecule has 0 bridgehead atoms. The summed E-state index contributed by atoms with van der Waals surface area (Å²) in [6, 6.07) is 5.41. The average Bonchev–Trinajstić information content (AvgIpc) is 3.03. The molecule has 2 heterocycles. The van der Waals surface area contributed by atoms with Crippen LogP contribution >= 0.6 is 23.2 Å². The van der Waals surface area contributed by atoms with Crippen LogP contribution in [0.1, 0.15) is 30.8 Å². The molecule has 0 aliphatic carbocycles. The third kappa shape index (κ3) is 4.17. The first-order valence-corrected chi connectivity index (χ1v) is 8.83. The van der Waals surface area contributed by atoms with Crippen LogP contribution in [0.2, 0.25) is 10.0 Å². The fraction of sp³-hybridized carbons (Fsp3) is 0.353. The minimum Gasteiger partial charge on any atom is -0.356 e. The predicted molar refractivity (Wildman–Crippen MR) is 102 cm³/mol. The van der Waals surface area contributed by atoms with E-state index in [0.717, 1.165) is 16.9 Å². The molecule has 0 spiro atoms. The van der Waals surface area contributed by atoms with Crippen LogP contribution in [-0.4, -0.2) is 28.6 Å². The zero-order chi connectivity index (χ0) is 18.7. The van der Waals surface area contributed by atoms with Gasteiger partial charge >= 0.3 is 0 Å². The smallest absolute Gasteiger partial charge is 0.198 e. The number of rotatable bonds is 6. The van der Waals surface area contributed by atoms with Crippen molar-refractivity contribution in [3.8, 4) is 0 Å². The summed E-state index contributed by atoms with van der Waals surface area (Å²) in [4.78, 5) is 15.8. The molecule has 0 amide bonds. The van der Waals surface area contributed by atoms with E-state index in [9.17, 15) is 4.79 Å². The first-order valence-electron chi connectivity index (χ1n) is 8.08. The third-order valence-electron chi connectivity index (χ3n) is 3.96. The quantitative estimate of drug-likeness (QED) is 0.783. The van der Waals surface area contributed by atoms with Crippen molar-refractivity contribution in [2.45, 2.75) is 32.7 Å². The van der Waals surface area contributed by atoms with Crippen molar-refractivity contribution in [2.24, 2.45) is 4.99 Å². The van der Waals surface area contributed by atoms with Gasteiger partial charge in [0.25, 0.3) is 0 Å². The van der Waals surface area contributed by atoms with Gasteiger partial charge < -0.3 is 15.4 Å². The van der Waals surface area contributed by atoms with E-state index in [2.05, 4.69) is 20.7 Å². The van der Waals surface area contributed by atoms with E-state index in [1.807, 2.05) is 6.07 Å². The molecule has 0 saturated carbocycles. The minimum atomic E-state index is -0.409. The topological polar surface area (TPSA) is 80.5 Å². The third-order valence-corrected chi connectivity index (χ3v) is 4.70. The molecule has 26 heavy (non-hydrogen) atoms. The van der Waals surface area contributed by atoms with Gasteiger partial charge in [0.2, 0.25) is 0 Å². The van der Waals surface area contributed by atoms with Gasteiger partial charge in [0, 0.05) is 20.1 Å². The van der Waals surface area contributed by atoms with Crippen LogP contribution in [0.25, 0.3) is 0 Å². The van der Waals surface area contributed by atoms with E-state index in [0.29, 0.717) is 35.5 Å². The molecule has 0 fully saturated rings. The van der Waals surface area contributed by atoms with Gasteiger partial charge in [-0.3, -0.25) is 9.48 Å². The highest BCUT2D eigenvalue weighted by Gasteiger charge is 2.27. The number of methoxy groups -OCH3 is 1. The molecule has 138 valence electrons. The minimum absolute atomic E-state index is 0.115. The molecule has 1 aliphatic rings. The summed E-state index contributed by atoms with van der Waals surface area (Å²) in [5, 5.41) is 11.7. The fourth-order valence-corrected chi connectivity index (χ4v) is 2.95. The number of halogens is 2. The summed E-state index contributed by atoms with van der Waals surface area (Å²) >= 11 is 12.0. The Labute approximate surface area is 161 Å². The normalized spacial score (nSPS) is 17.5. The van der Waals surface area contributed by atoms with Crippen molar-refractivity contribution in [3.63, 3.8) is 0 Å². The number of carbonyl (C=O) groups is 1. The molecular formula is C17H19Cl2N5O2. The SMILES string of the molecule is COC1NC(=NCc2ccc(Cl)c(Cl)c2)Nc2cnn(CCC(C)=O)c21. The first kappa shape index (κ1) is 18.7. The Morgan fingerprint density at radius 1 is 1.38 bits per heavy atom. The second-order valence-corrected chi connectivity index (χ2v) is 6.73. The van der Waals surface area contributed by atoms with E-state index >= 15 is 0 Å². The number of hydrogen-bond acceptors (Lipinski definition) is 4. The number of aliphatic imine (C=N–C) groups is 1. The average molecular weight is 396 g/mol. The van der Waals surface area contributed by atoms with Crippen LogP contribution in [0.5, 0.6) is 0 Å². The molecule has 7 nitrogen and oxygen atoms in total. The summed E-state index contributed by atoms with van der Waals surface area (Å²) in [6.45, 7) is 2.49. The largest absolute Gasteiger partial charge is 0.356 e. The Bertz CT molecular complexity index is 850. The predicted octanol–water partition coefficient (Wildman–Crippen LogP) is 3.39. The summed E-state index contributed by atoms with van der Waals surface area (Å²) in [5.41, 5.74) is 2.57. The Morgan fingerprint density at radius 3 is 2.88 bits per heavy atom. The van der Waals surface area contributed by atoms with Crippen LogP contribution in [0.3, 0.4) is 0 Å². The van der Waals surface area contributed by atoms with E-state index in [-0.39, 0.29) is 5.78 Å². The van der Waals surface area contributed by atoms with Crippen molar-refractivity contribution in [2.75, 3.05) is 12.4 Å². The Kier molecular flexibility index (Phi) is 5.80. The maximum atomic E-state index is 11.2. The Hall–Kier alpha value is -2.09. The van der Waals surface area contributed by atoms with Crippen molar-refractivity contribution in [3.05, 3.63) is 45.7 Å². The lowest BCUT2D eigenvalue weighted by Crippen LogP contribution is -2.40. The van der Waals surface area contributed by atoms with Crippen LogP contribution < -0.4 is 10.6 Å². The molecule has 1 unspecified atom stereocenters. The second-order valence-electron chi connectivity index (χ2n) is 5.92. The van der Waals surface area contributed by atoms with Crippen molar-refractivity contribution < 1.29 is 9.53 Å². The molecule has 0 radical (unpaired) electrons. The van der Waals surface area contributed by atoms with E-state index in [1.54, 1.807) is 37.0 Å². The molecule has 2 aromatic rings. The number of carbonyl (C=O) groups excluding carboxylic acids is 1. The molecule has 1 aromatic heterocycles. The summed E-state index contributed by atoms with van der Waals surface area (Å²) in [7, 11) is 1.60. The first-order chi connectivity index (χ1) is 12.5. The van der Waals surface area contributed by atoms with Gasteiger partial charge in [0.1, 0.15) is 11.5 Å². The summed E-state index contributed by atoms with van der Waals surface area (Å²) in [5.74, 6) is 0.686. The van der Waals surface area contributed by atoms with Gasteiger partial charge in [0.05, 0.1) is 28.5 Å². The lowest BCUT2D eigenvalue weighted by Gasteiger charge is -2.27. The highest BCUT2D eigenvalue weighted by atomic mass is 35.5. The molecule has 1 aliphatic heterocycles. The molecular weight excluding hydrogens is 377 g/mol. The highest BCUT2D eigenvalue weighted by molar-refractivity contribution is 6.42. The molecule has 3 rings (SSSR count). The number of ether oxygens (including phenoxy) is 1. The van der Waals surface area contributed by atoms with Gasteiger partial charge in [-0.25, -0.2) is 4.99 Å². The number of hydrogen-bond donors (Lipinski definition) is 2. The second kappa shape index (κ2) is 8.07. The molecule has 1 aromatic carbocycles. The maximum Gasteiger partial charge on any atom is 0.198 e. The van der Waals surface area contributed by atoms with Crippen molar-refractivity contribution in [1.82, 2.24) is 15.1 Å². The molecule has 1 atom stereocenters. The van der Waals surface area contributed by atoms with Gasteiger partial charge in [-0.1, -0.05) is 29.3 Å². The monoisotopic (exact) mass is 395 g/mol. The highest BCUT2D eigenvalue weighted by Crippen LogP contribution is 2.28. The fourth-order valence-electron chi connectivity index (χ4n) is 2.63. The number of guanidine groups is 1. The number of fused-ring (bicyclic) bond motifs is 1. The van der Waals surface area contributed by atoms with Crippen LogP contribution in [0, 0.1) is 0 Å². The summed E-state index contributed by atoms with van der Waals surface area (Å²) in [6.07, 6.45) is 1.72. The van der Waals surface area contributed by atoms with Crippen LogP contribution in [0.4, 0.5) is 5.69 Å². The van der Waals surface area contributed by atoms with Gasteiger partial charge in [-0.05, 0) is 24.6 Å². The van der Waals surface area contributed by atoms with Crippen LogP contribution in [-0.2, 0) is 22.6 Å². The number of ketones is 1. The maximum absolute atomic E-state index is 11.2. The number of nitrogens with one attached hydrogen (secondary N) is 2. The number of aryl methyl sites for hydroxylation is 1. The number of benzene rings is 1. The summed E-state index contributed by atoms with van der Waals surface area (Å²) < 4.78 is 7.29. The van der Waals surface area contributed by atoms with Gasteiger partial charge in [-0.15, -0.1) is 0 Å². The Balaban J connectivity index is 1.76. The van der Waals surface area contributed by atoms with Crippen molar-refractivity contribution >= 4 is 40.6 Å². The molecule has 0 saturated heterocycles. The zero-order valence-electron chi connectivity index (χ0n) is 14.4. The number of aromatic nitrogens is 2.